The van der Waals surface area contributed by atoms with E-state index < -0.39 is 0 Å². The number of carbonyl (C=O) groups is 1. The summed E-state index contributed by atoms with van der Waals surface area (Å²) in [5, 5.41) is 0. The fourth-order valence-electron chi connectivity index (χ4n) is 1.57. The van der Waals surface area contributed by atoms with E-state index in [-0.39, 0.29) is 0 Å². The van der Waals surface area contributed by atoms with Crippen molar-refractivity contribution in [3.63, 3.8) is 0 Å². The van der Waals surface area contributed by atoms with E-state index in [2.05, 4.69) is 19.9 Å². The first-order valence-corrected chi connectivity index (χ1v) is 4.28. The first kappa shape index (κ1) is 8.51. The highest BCUT2D eigenvalue weighted by atomic mass is 16.1. The lowest BCUT2D eigenvalue weighted by atomic mass is 9.81. The molecule has 1 aliphatic carbocycles. The molecule has 0 fully saturated rings. The fraction of sp³-hybridized carbons (Fsp3) is 0.700. The Kier molecular flexibility index (Phi) is 2.48. The number of hydrogen-bond acceptors (Lipinski definition) is 1. The van der Waals surface area contributed by atoms with Gasteiger partial charge in [-0.2, -0.15) is 0 Å². The van der Waals surface area contributed by atoms with Crippen LogP contribution in [0.15, 0.2) is 11.6 Å². The van der Waals surface area contributed by atoms with Crippen LogP contribution in [0.1, 0.15) is 33.6 Å². The molecule has 1 aliphatic rings. The maximum atomic E-state index is 11.0. The summed E-state index contributed by atoms with van der Waals surface area (Å²) in [6.07, 6.45) is 4.23. The van der Waals surface area contributed by atoms with Crippen LogP contribution >= 0.6 is 0 Å². The highest BCUT2D eigenvalue weighted by molar-refractivity contribution is 5.78. The van der Waals surface area contributed by atoms with Gasteiger partial charge in [-0.1, -0.05) is 18.6 Å². The molecule has 0 aliphatic heterocycles. The number of hydrogen-bond donors (Lipinski definition) is 0. The van der Waals surface area contributed by atoms with E-state index in [1.54, 1.807) is 6.92 Å². The van der Waals surface area contributed by atoms with Gasteiger partial charge in [-0.05, 0) is 32.6 Å². The highest BCUT2D eigenvalue weighted by Crippen LogP contribution is 2.28. The predicted octanol–water partition coefficient (Wildman–Crippen LogP) is 2.57. The SMILES string of the molecule is CC(=O)C1CC=C(C)C(C)C1. The summed E-state index contributed by atoms with van der Waals surface area (Å²) in [6.45, 7) is 6.05. The van der Waals surface area contributed by atoms with Crippen molar-refractivity contribution >= 4 is 5.78 Å². The van der Waals surface area contributed by atoms with Crippen LogP contribution < -0.4 is 0 Å². The molecule has 0 amide bonds. The molecule has 0 bridgehead atoms. The molecule has 0 saturated carbocycles. The van der Waals surface area contributed by atoms with Crippen LogP contribution in [0, 0.1) is 11.8 Å². The number of ketones is 1. The second-order valence-electron chi connectivity index (χ2n) is 3.63. The van der Waals surface area contributed by atoms with Gasteiger partial charge in [0, 0.05) is 5.92 Å². The van der Waals surface area contributed by atoms with Crippen LogP contribution in [0.4, 0.5) is 0 Å². The second kappa shape index (κ2) is 3.21. The predicted molar refractivity (Wildman–Crippen MR) is 46.3 cm³/mol. The Bertz CT molecular complexity index is 191. The van der Waals surface area contributed by atoms with Gasteiger partial charge < -0.3 is 0 Å². The summed E-state index contributed by atoms with van der Waals surface area (Å²) < 4.78 is 0. The summed E-state index contributed by atoms with van der Waals surface area (Å²) in [4.78, 5) is 11.0. The molecule has 0 aromatic carbocycles. The normalized spacial score (nSPS) is 31.4. The van der Waals surface area contributed by atoms with Gasteiger partial charge in [0.15, 0.2) is 0 Å². The van der Waals surface area contributed by atoms with E-state index in [4.69, 9.17) is 0 Å². The van der Waals surface area contributed by atoms with Crippen molar-refractivity contribution in [1.29, 1.82) is 0 Å². The van der Waals surface area contributed by atoms with E-state index in [0.717, 1.165) is 12.8 Å². The molecule has 0 heterocycles. The van der Waals surface area contributed by atoms with Crippen LogP contribution in [-0.4, -0.2) is 5.78 Å². The minimum Gasteiger partial charge on any atom is -0.300 e. The van der Waals surface area contributed by atoms with E-state index >= 15 is 0 Å². The molecule has 11 heavy (non-hydrogen) atoms. The van der Waals surface area contributed by atoms with Gasteiger partial charge in [0.25, 0.3) is 0 Å². The number of Topliss-reactive ketones (excluding diaryl/α,β-unsaturated/α-hetero) is 1. The van der Waals surface area contributed by atoms with Crippen molar-refractivity contribution in [2.24, 2.45) is 11.8 Å². The zero-order valence-corrected chi connectivity index (χ0v) is 7.55. The van der Waals surface area contributed by atoms with E-state index in [1.807, 2.05) is 0 Å². The maximum absolute atomic E-state index is 11.0. The topological polar surface area (TPSA) is 17.1 Å². The molecule has 2 unspecified atom stereocenters. The first-order valence-electron chi connectivity index (χ1n) is 4.28. The van der Waals surface area contributed by atoms with Crippen molar-refractivity contribution in [2.75, 3.05) is 0 Å². The third-order valence-corrected chi connectivity index (χ3v) is 2.71. The maximum Gasteiger partial charge on any atom is 0.133 e. The monoisotopic (exact) mass is 152 g/mol. The molecule has 62 valence electrons. The van der Waals surface area contributed by atoms with Crippen LogP contribution in [0.2, 0.25) is 0 Å². The lowest BCUT2D eigenvalue weighted by Crippen LogP contribution is -2.18. The Morgan fingerprint density at radius 1 is 1.64 bits per heavy atom. The van der Waals surface area contributed by atoms with Gasteiger partial charge in [0.2, 0.25) is 0 Å². The van der Waals surface area contributed by atoms with Crippen LogP contribution in [0.5, 0.6) is 0 Å². The Hall–Kier alpha value is -0.590. The quantitative estimate of drug-likeness (QED) is 0.528. The number of rotatable bonds is 1. The van der Waals surface area contributed by atoms with Crippen LogP contribution in [0.3, 0.4) is 0 Å². The fourth-order valence-corrected chi connectivity index (χ4v) is 1.57. The van der Waals surface area contributed by atoms with Gasteiger partial charge in [0.1, 0.15) is 5.78 Å². The van der Waals surface area contributed by atoms with Crippen LogP contribution in [0.25, 0.3) is 0 Å². The van der Waals surface area contributed by atoms with Gasteiger partial charge in [-0.3, -0.25) is 4.79 Å². The van der Waals surface area contributed by atoms with E-state index in [1.165, 1.54) is 5.57 Å². The summed E-state index contributed by atoms with van der Waals surface area (Å²) in [5.41, 5.74) is 1.45. The Morgan fingerprint density at radius 2 is 2.27 bits per heavy atom. The van der Waals surface area contributed by atoms with Crippen molar-refractivity contribution in [2.45, 2.75) is 33.6 Å². The molecule has 2 atom stereocenters. The summed E-state index contributed by atoms with van der Waals surface area (Å²) in [5.74, 6) is 1.26. The number of carbonyl (C=O) groups excluding carboxylic acids is 1. The zero-order valence-electron chi connectivity index (χ0n) is 7.55. The van der Waals surface area contributed by atoms with E-state index in [9.17, 15) is 4.79 Å². The smallest absolute Gasteiger partial charge is 0.133 e. The zero-order chi connectivity index (χ0) is 8.43. The summed E-state index contributed by atoms with van der Waals surface area (Å²) in [6, 6.07) is 0. The average molecular weight is 152 g/mol. The molecule has 0 N–H and O–H groups in total. The summed E-state index contributed by atoms with van der Waals surface area (Å²) >= 11 is 0. The van der Waals surface area contributed by atoms with Crippen molar-refractivity contribution in [3.05, 3.63) is 11.6 Å². The van der Waals surface area contributed by atoms with Gasteiger partial charge in [-0.25, -0.2) is 0 Å². The molecule has 1 nitrogen and oxygen atoms in total. The summed E-state index contributed by atoms with van der Waals surface area (Å²) in [7, 11) is 0. The minimum absolute atomic E-state index is 0.300. The third kappa shape index (κ3) is 1.92. The van der Waals surface area contributed by atoms with Crippen molar-refractivity contribution < 1.29 is 4.79 Å². The molecule has 0 radical (unpaired) electrons. The molecule has 0 aromatic heterocycles. The van der Waals surface area contributed by atoms with Gasteiger partial charge in [-0.15, -0.1) is 0 Å². The largest absolute Gasteiger partial charge is 0.300 e. The van der Waals surface area contributed by atoms with Gasteiger partial charge in [0.05, 0.1) is 0 Å². The Morgan fingerprint density at radius 3 is 2.73 bits per heavy atom. The lowest BCUT2D eigenvalue weighted by molar-refractivity contribution is -0.121. The van der Waals surface area contributed by atoms with Gasteiger partial charge >= 0.3 is 0 Å². The number of allylic oxidation sites excluding steroid dienone is 2. The lowest BCUT2D eigenvalue weighted by Gasteiger charge is -2.23. The molecular formula is C10H16O. The van der Waals surface area contributed by atoms with Crippen molar-refractivity contribution in [3.8, 4) is 0 Å². The molecule has 1 rings (SSSR count). The molecule has 0 saturated heterocycles. The van der Waals surface area contributed by atoms with Crippen molar-refractivity contribution in [1.82, 2.24) is 0 Å². The Labute approximate surface area is 68.5 Å². The highest BCUT2D eigenvalue weighted by Gasteiger charge is 2.21. The van der Waals surface area contributed by atoms with E-state index in [0.29, 0.717) is 17.6 Å². The standard InChI is InChI=1S/C10H16O/c1-7-4-5-10(9(3)11)6-8(7)2/h4,8,10H,5-6H2,1-3H3. The first-order chi connectivity index (χ1) is 5.11. The van der Waals surface area contributed by atoms with Crippen LogP contribution in [-0.2, 0) is 4.79 Å². The molecule has 0 spiro atoms. The molecular weight excluding hydrogens is 136 g/mol. The average Bonchev–Trinajstić information content (AvgIpc) is 1.94. The minimum atomic E-state index is 0.300. The third-order valence-electron chi connectivity index (χ3n) is 2.71. The molecule has 1 heteroatoms. The Balaban J connectivity index is 2.62. The molecule has 0 aromatic rings. The second-order valence-corrected chi connectivity index (χ2v) is 3.63.